The minimum atomic E-state index is -0.292. The Morgan fingerprint density at radius 3 is 2.92 bits per heavy atom. The summed E-state index contributed by atoms with van der Waals surface area (Å²) in [5, 5.41) is 4.57. The molecule has 1 aromatic heterocycles. The number of benzene rings is 1. The normalized spacial score (nSPS) is 10.8. The van der Waals surface area contributed by atoms with E-state index in [-0.39, 0.29) is 5.82 Å². The topological polar surface area (TPSA) is 43.8 Å². The number of aromatic nitrogens is 2. The van der Waals surface area contributed by atoms with E-state index in [0.717, 1.165) is 0 Å². The molecule has 4 heteroatoms. The van der Waals surface area contributed by atoms with Crippen LogP contribution in [0.1, 0.15) is 0 Å². The zero-order valence-electron chi connectivity index (χ0n) is 6.58. The van der Waals surface area contributed by atoms with Gasteiger partial charge in [-0.2, -0.15) is 5.10 Å². The second-order valence-corrected chi connectivity index (χ2v) is 2.64. The van der Waals surface area contributed by atoms with Crippen molar-refractivity contribution in [2.75, 3.05) is 5.73 Å². The second-order valence-electron chi connectivity index (χ2n) is 2.64. The van der Waals surface area contributed by atoms with E-state index in [4.69, 9.17) is 5.73 Å². The van der Waals surface area contributed by atoms with E-state index in [9.17, 15) is 4.39 Å². The van der Waals surface area contributed by atoms with Crippen LogP contribution < -0.4 is 5.73 Å². The molecule has 0 saturated heterocycles. The summed E-state index contributed by atoms with van der Waals surface area (Å²) in [6.45, 7) is 0. The zero-order chi connectivity index (χ0) is 8.72. The molecular weight excluding hydrogens is 157 g/mol. The van der Waals surface area contributed by atoms with E-state index in [1.165, 1.54) is 10.7 Å². The van der Waals surface area contributed by atoms with Crippen molar-refractivity contribution in [1.29, 1.82) is 0 Å². The van der Waals surface area contributed by atoms with Crippen LogP contribution in [0.3, 0.4) is 0 Å². The maximum atomic E-state index is 13.1. The summed E-state index contributed by atoms with van der Waals surface area (Å²) in [6, 6.07) is 4.76. The zero-order valence-corrected chi connectivity index (χ0v) is 6.58. The van der Waals surface area contributed by atoms with Crippen LogP contribution in [0, 0.1) is 5.82 Å². The molecule has 3 nitrogen and oxygen atoms in total. The van der Waals surface area contributed by atoms with E-state index in [0.29, 0.717) is 16.7 Å². The minimum Gasteiger partial charge on any atom is -0.382 e. The molecule has 0 fully saturated rings. The summed E-state index contributed by atoms with van der Waals surface area (Å²) < 4.78 is 14.6. The van der Waals surface area contributed by atoms with Crippen molar-refractivity contribution >= 4 is 16.7 Å². The third-order valence-corrected chi connectivity index (χ3v) is 1.84. The molecule has 12 heavy (non-hydrogen) atoms. The molecule has 2 N–H and O–H groups in total. The van der Waals surface area contributed by atoms with Crippen LogP contribution in [0.5, 0.6) is 0 Å². The number of hydrogen-bond donors (Lipinski definition) is 1. The summed E-state index contributed by atoms with van der Waals surface area (Å²) >= 11 is 0. The van der Waals surface area contributed by atoms with E-state index < -0.39 is 0 Å². The van der Waals surface area contributed by atoms with Crippen molar-refractivity contribution in [1.82, 2.24) is 9.78 Å². The highest BCUT2D eigenvalue weighted by Gasteiger charge is 2.08. The van der Waals surface area contributed by atoms with Gasteiger partial charge in [0.1, 0.15) is 11.3 Å². The molecule has 0 unspecified atom stereocenters. The first kappa shape index (κ1) is 7.09. The third-order valence-electron chi connectivity index (χ3n) is 1.84. The maximum absolute atomic E-state index is 13.1. The Balaban J connectivity index is 2.99. The number of nitrogens with zero attached hydrogens (tertiary/aromatic N) is 2. The number of fused-ring (bicyclic) bond motifs is 1. The number of rotatable bonds is 0. The largest absolute Gasteiger partial charge is 0.382 e. The SMILES string of the molecule is Cn1nc(N)c2cccc(F)c21. The first-order valence-corrected chi connectivity index (χ1v) is 3.57. The number of aryl methyl sites for hydroxylation is 1. The van der Waals surface area contributed by atoms with E-state index in [2.05, 4.69) is 5.10 Å². The predicted molar refractivity (Wildman–Crippen MR) is 45.1 cm³/mol. The van der Waals surface area contributed by atoms with Crippen LogP contribution in [0.2, 0.25) is 0 Å². The Kier molecular flexibility index (Phi) is 1.30. The Labute approximate surface area is 68.6 Å². The highest BCUT2D eigenvalue weighted by atomic mass is 19.1. The molecule has 2 rings (SSSR count). The molecule has 0 radical (unpaired) electrons. The van der Waals surface area contributed by atoms with Crippen molar-refractivity contribution < 1.29 is 4.39 Å². The lowest BCUT2D eigenvalue weighted by atomic mass is 10.2. The fourth-order valence-electron chi connectivity index (χ4n) is 1.32. The molecule has 0 aliphatic heterocycles. The Morgan fingerprint density at radius 2 is 2.25 bits per heavy atom. The van der Waals surface area contributed by atoms with Crippen LogP contribution in [0.4, 0.5) is 10.2 Å². The first-order valence-electron chi connectivity index (χ1n) is 3.57. The van der Waals surface area contributed by atoms with Crippen molar-refractivity contribution in [3.05, 3.63) is 24.0 Å². The smallest absolute Gasteiger partial charge is 0.153 e. The number of para-hydroxylation sites is 1. The van der Waals surface area contributed by atoms with Crippen LogP contribution in [0.25, 0.3) is 10.9 Å². The Hall–Kier alpha value is -1.58. The fraction of sp³-hybridized carbons (Fsp3) is 0.125. The predicted octanol–water partition coefficient (Wildman–Crippen LogP) is 1.29. The molecule has 0 saturated carbocycles. The molecule has 2 aromatic rings. The van der Waals surface area contributed by atoms with Crippen molar-refractivity contribution in [2.45, 2.75) is 0 Å². The van der Waals surface area contributed by atoms with Gasteiger partial charge >= 0.3 is 0 Å². The quantitative estimate of drug-likeness (QED) is 0.639. The first-order chi connectivity index (χ1) is 5.70. The average Bonchev–Trinajstić information content (AvgIpc) is 2.29. The minimum absolute atomic E-state index is 0.292. The molecule has 0 aliphatic rings. The number of hydrogen-bond acceptors (Lipinski definition) is 2. The number of nitrogen functional groups attached to an aromatic ring is 1. The summed E-state index contributed by atoms with van der Waals surface area (Å²) in [7, 11) is 1.67. The molecule has 1 aromatic carbocycles. The van der Waals surface area contributed by atoms with Gasteiger partial charge in [0.05, 0.1) is 0 Å². The third kappa shape index (κ3) is 0.777. The highest BCUT2D eigenvalue weighted by Crippen LogP contribution is 2.21. The van der Waals surface area contributed by atoms with Gasteiger partial charge in [-0.05, 0) is 12.1 Å². The summed E-state index contributed by atoms with van der Waals surface area (Å²) in [5.74, 6) is 0.0752. The highest BCUT2D eigenvalue weighted by molar-refractivity contribution is 5.89. The van der Waals surface area contributed by atoms with E-state index in [1.54, 1.807) is 19.2 Å². The van der Waals surface area contributed by atoms with Gasteiger partial charge in [0.2, 0.25) is 0 Å². The van der Waals surface area contributed by atoms with Gasteiger partial charge in [0.15, 0.2) is 5.82 Å². The Morgan fingerprint density at radius 1 is 1.50 bits per heavy atom. The summed E-state index contributed by atoms with van der Waals surface area (Å²) in [4.78, 5) is 0. The second kappa shape index (κ2) is 2.20. The van der Waals surface area contributed by atoms with Crippen molar-refractivity contribution in [2.24, 2.45) is 7.05 Å². The number of nitrogens with two attached hydrogens (primary N) is 1. The van der Waals surface area contributed by atoms with Crippen molar-refractivity contribution in [3.63, 3.8) is 0 Å². The van der Waals surface area contributed by atoms with Gasteiger partial charge in [0, 0.05) is 12.4 Å². The van der Waals surface area contributed by atoms with Gasteiger partial charge in [0.25, 0.3) is 0 Å². The van der Waals surface area contributed by atoms with Gasteiger partial charge in [-0.3, -0.25) is 4.68 Å². The standard InChI is InChI=1S/C8H8FN3/c1-12-7-5(8(10)11-12)3-2-4-6(7)9/h2-4H,1H3,(H2,10,11). The number of anilines is 1. The molecule has 0 atom stereocenters. The van der Waals surface area contributed by atoms with Gasteiger partial charge in [-0.1, -0.05) is 6.07 Å². The maximum Gasteiger partial charge on any atom is 0.153 e. The molecule has 0 aliphatic carbocycles. The van der Waals surface area contributed by atoms with Gasteiger partial charge < -0.3 is 5.73 Å². The molecule has 0 amide bonds. The van der Waals surface area contributed by atoms with Gasteiger partial charge in [-0.25, -0.2) is 4.39 Å². The van der Waals surface area contributed by atoms with E-state index in [1.807, 2.05) is 0 Å². The molecule has 1 heterocycles. The summed E-state index contributed by atoms with van der Waals surface area (Å²) in [5.41, 5.74) is 6.00. The molecule has 0 spiro atoms. The number of halogens is 1. The lowest BCUT2D eigenvalue weighted by Crippen LogP contribution is -1.92. The van der Waals surface area contributed by atoms with Crippen LogP contribution >= 0.6 is 0 Å². The van der Waals surface area contributed by atoms with E-state index >= 15 is 0 Å². The van der Waals surface area contributed by atoms with Gasteiger partial charge in [-0.15, -0.1) is 0 Å². The Bertz CT molecular complexity index is 433. The van der Waals surface area contributed by atoms with Crippen LogP contribution in [-0.2, 0) is 7.05 Å². The molecular formula is C8H8FN3. The lowest BCUT2D eigenvalue weighted by molar-refractivity contribution is 0.626. The van der Waals surface area contributed by atoms with Crippen molar-refractivity contribution in [3.8, 4) is 0 Å². The monoisotopic (exact) mass is 165 g/mol. The molecule has 62 valence electrons. The average molecular weight is 165 g/mol. The fourth-order valence-corrected chi connectivity index (χ4v) is 1.32. The summed E-state index contributed by atoms with van der Waals surface area (Å²) in [6.07, 6.45) is 0. The van der Waals surface area contributed by atoms with Crippen LogP contribution in [0.15, 0.2) is 18.2 Å². The molecule has 0 bridgehead atoms. The van der Waals surface area contributed by atoms with Crippen LogP contribution in [-0.4, -0.2) is 9.78 Å². The lowest BCUT2D eigenvalue weighted by Gasteiger charge is -1.93.